The zero-order valence-corrected chi connectivity index (χ0v) is 12.3. The van der Waals surface area contributed by atoms with Crippen molar-refractivity contribution in [3.05, 3.63) is 51.7 Å². The first kappa shape index (κ1) is 14.3. The SMILES string of the molecule is Cc1cc(Nc2cc(C(N)=O)c(N)cc2F)ccc1Br. The lowest BCUT2D eigenvalue weighted by molar-refractivity contribution is 0.100. The van der Waals surface area contributed by atoms with Crippen LogP contribution >= 0.6 is 15.9 Å². The van der Waals surface area contributed by atoms with Crippen LogP contribution in [-0.2, 0) is 0 Å². The molecule has 2 rings (SSSR count). The van der Waals surface area contributed by atoms with Gasteiger partial charge in [-0.1, -0.05) is 15.9 Å². The Morgan fingerprint density at radius 2 is 2.00 bits per heavy atom. The highest BCUT2D eigenvalue weighted by Crippen LogP contribution is 2.27. The molecular formula is C14H13BrFN3O. The summed E-state index contributed by atoms with van der Waals surface area (Å²) in [6.07, 6.45) is 0. The summed E-state index contributed by atoms with van der Waals surface area (Å²) in [7, 11) is 0. The maximum atomic E-state index is 13.9. The van der Waals surface area contributed by atoms with Crippen molar-refractivity contribution < 1.29 is 9.18 Å². The summed E-state index contributed by atoms with van der Waals surface area (Å²) >= 11 is 3.39. The third kappa shape index (κ3) is 2.91. The van der Waals surface area contributed by atoms with Crippen molar-refractivity contribution in [1.29, 1.82) is 0 Å². The molecule has 0 fully saturated rings. The Morgan fingerprint density at radius 1 is 1.30 bits per heavy atom. The van der Waals surface area contributed by atoms with Crippen molar-refractivity contribution in [2.75, 3.05) is 11.1 Å². The van der Waals surface area contributed by atoms with Crippen LogP contribution in [0, 0.1) is 12.7 Å². The standard InChI is InChI=1S/C14H13BrFN3O/c1-7-4-8(2-3-10(7)15)19-13-5-9(14(18)20)12(17)6-11(13)16/h2-6,19H,17H2,1H3,(H2,18,20). The molecule has 1 amide bonds. The number of carbonyl (C=O) groups is 1. The van der Waals surface area contributed by atoms with Crippen molar-refractivity contribution in [3.8, 4) is 0 Å². The van der Waals surface area contributed by atoms with Gasteiger partial charge in [0.25, 0.3) is 5.91 Å². The van der Waals surface area contributed by atoms with Crippen LogP contribution in [0.3, 0.4) is 0 Å². The fourth-order valence-corrected chi connectivity index (χ4v) is 2.02. The van der Waals surface area contributed by atoms with Crippen molar-refractivity contribution in [1.82, 2.24) is 0 Å². The Balaban J connectivity index is 2.40. The van der Waals surface area contributed by atoms with Crippen LogP contribution < -0.4 is 16.8 Å². The van der Waals surface area contributed by atoms with Gasteiger partial charge in [-0.05, 0) is 42.8 Å². The number of hydrogen-bond acceptors (Lipinski definition) is 3. The first-order chi connectivity index (χ1) is 9.38. The Labute approximate surface area is 124 Å². The summed E-state index contributed by atoms with van der Waals surface area (Å²) in [6, 6.07) is 7.88. The molecule has 0 aromatic heterocycles. The lowest BCUT2D eigenvalue weighted by Crippen LogP contribution is -2.14. The minimum Gasteiger partial charge on any atom is -0.398 e. The first-order valence-electron chi connectivity index (χ1n) is 5.80. The lowest BCUT2D eigenvalue weighted by Gasteiger charge is -2.11. The number of benzene rings is 2. The molecular weight excluding hydrogens is 325 g/mol. The Morgan fingerprint density at radius 3 is 2.60 bits per heavy atom. The molecule has 6 heteroatoms. The van der Waals surface area contributed by atoms with E-state index in [1.807, 2.05) is 19.1 Å². The topological polar surface area (TPSA) is 81.1 Å². The number of amides is 1. The maximum Gasteiger partial charge on any atom is 0.250 e. The van der Waals surface area contributed by atoms with E-state index >= 15 is 0 Å². The van der Waals surface area contributed by atoms with E-state index in [4.69, 9.17) is 11.5 Å². The van der Waals surface area contributed by atoms with Crippen molar-refractivity contribution in [2.45, 2.75) is 6.92 Å². The van der Waals surface area contributed by atoms with Crippen LogP contribution in [0.25, 0.3) is 0 Å². The van der Waals surface area contributed by atoms with E-state index in [0.29, 0.717) is 5.69 Å². The van der Waals surface area contributed by atoms with Gasteiger partial charge >= 0.3 is 0 Å². The van der Waals surface area contributed by atoms with Gasteiger partial charge in [-0.25, -0.2) is 4.39 Å². The molecule has 0 atom stereocenters. The smallest absolute Gasteiger partial charge is 0.250 e. The number of hydrogen-bond donors (Lipinski definition) is 3. The first-order valence-corrected chi connectivity index (χ1v) is 6.60. The van der Waals surface area contributed by atoms with Crippen molar-refractivity contribution in [3.63, 3.8) is 0 Å². The van der Waals surface area contributed by atoms with E-state index in [1.54, 1.807) is 6.07 Å². The van der Waals surface area contributed by atoms with Crippen molar-refractivity contribution >= 4 is 38.9 Å². The van der Waals surface area contributed by atoms with E-state index in [1.165, 1.54) is 6.07 Å². The van der Waals surface area contributed by atoms with Gasteiger partial charge in [0.05, 0.1) is 11.3 Å². The van der Waals surface area contributed by atoms with E-state index in [2.05, 4.69) is 21.2 Å². The molecule has 2 aromatic carbocycles. The fraction of sp³-hybridized carbons (Fsp3) is 0.0714. The number of nitrogens with two attached hydrogens (primary N) is 2. The summed E-state index contributed by atoms with van der Waals surface area (Å²) in [6.45, 7) is 1.92. The summed E-state index contributed by atoms with van der Waals surface area (Å²) < 4.78 is 14.8. The molecule has 0 aliphatic carbocycles. The monoisotopic (exact) mass is 337 g/mol. The Kier molecular flexibility index (Phi) is 3.94. The average Bonchev–Trinajstić information content (AvgIpc) is 2.36. The summed E-state index contributed by atoms with van der Waals surface area (Å²) in [5, 5.41) is 2.90. The van der Waals surface area contributed by atoms with E-state index in [0.717, 1.165) is 16.1 Å². The molecule has 20 heavy (non-hydrogen) atoms. The molecule has 0 aliphatic heterocycles. The summed E-state index contributed by atoms with van der Waals surface area (Å²) in [5.74, 6) is -1.24. The lowest BCUT2D eigenvalue weighted by atomic mass is 10.1. The number of primary amides is 1. The van der Waals surface area contributed by atoms with E-state index in [-0.39, 0.29) is 16.9 Å². The number of anilines is 3. The van der Waals surface area contributed by atoms with Gasteiger partial charge < -0.3 is 16.8 Å². The zero-order valence-electron chi connectivity index (χ0n) is 10.7. The molecule has 0 saturated carbocycles. The minimum absolute atomic E-state index is 0.0209. The molecule has 0 radical (unpaired) electrons. The molecule has 0 unspecified atom stereocenters. The number of nitrogens with one attached hydrogen (secondary N) is 1. The number of rotatable bonds is 3. The fourth-order valence-electron chi connectivity index (χ4n) is 1.78. The summed E-state index contributed by atoms with van der Waals surface area (Å²) in [5.41, 5.74) is 12.7. The van der Waals surface area contributed by atoms with E-state index < -0.39 is 11.7 Å². The van der Waals surface area contributed by atoms with Gasteiger partial charge in [-0.2, -0.15) is 0 Å². The van der Waals surface area contributed by atoms with Gasteiger partial charge in [0.15, 0.2) is 0 Å². The van der Waals surface area contributed by atoms with Gasteiger partial charge in [0, 0.05) is 15.8 Å². The number of aryl methyl sites for hydroxylation is 1. The predicted octanol–water partition coefficient (Wildman–Crippen LogP) is 3.32. The molecule has 0 spiro atoms. The highest BCUT2D eigenvalue weighted by molar-refractivity contribution is 9.10. The minimum atomic E-state index is -0.697. The largest absolute Gasteiger partial charge is 0.398 e. The van der Waals surface area contributed by atoms with E-state index in [9.17, 15) is 9.18 Å². The molecule has 4 nitrogen and oxygen atoms in total. The maximum absolute atomic E-state index is 13.9. The van der Waals surface area contributed by atoms with Gasteiger partial charge in [0.1, 0.15) is 5.82 Å². The predicted molar refractivity (Wildman–Crippen MR) is 81.5 cm³/mol. The zero-order chi connectivity index (χ0) is 14.9. The quantitative estimate of drug-likeness (QED) is 0.751. The molecule has 5 N–H and O–H groups in total. The molecule has 0 aliphatic rings. The van der Waals surface area contributed by atoms with Gasteiger partial charge in [0.2, 0.25) is 0 Å². The third-order valence-corrected chi connectivity index (χ3v) is 3.73. The third-order valence-electron chi connectivity index (χ3n) is 2.84. The normalized spacial score (nSPS) is 10.3. The van der Waals surface area contributed by atoms with Crippen LogP contribution in [0.2, 0.25) is 0 Å². The number of nitrogen functional groups attached to an aromatic ring is 1. The molecule has 0 bridgehead atoms. The Hall–Kier alpha value is -2.08. The molecule has 2 aromatic rings. The summed E-state index contributed by atoms with van der Waals surface area (Å²) in [4.78, 5) is 11.2. The van der Waals surface area contributed by atoms with Crippen LogP contribution in [0.15, 0.2) is 34.8 Å². The van der Waals surface area contributed by atoms with Crippen LogP contribution in [0.1, 0.15) is 15.9 Å². The van der Waals surface area contributed by atoms with Crippen LogP contribution in [-0.4, -0.2) is 5.91 Å². The second kappa shape index (κ2) is 5.50. The van der Waals surface area contributed by atoms with Crippen molar-refractivity contribution in [2.24, 2.45) is 5.73 Å². The van der Waals surface area contributed by atoms with Gasteiger partial charge in [-0.3, -0.25) is 4.79 Å². The number of halogens is 2. The molecule has 0 saturated heterocycles. The highest BCUT2D eigenvalue weighted by Gasteiger charge is 2.12. The van der Waals surface area contributed by atoms with Crippen LogP contribution in [0.4, 0.5) is 21.5 Å². The molecule has 0 heterocycles. The average molecular weight is 338 g/mol. The molecule has 104 valence electrons. The van der Waals surface area contributed by atoms with Gasteiger partial charge in [-0.15, -0.1) is 0 Å². The van der Waals surface area contributed by atoms with Crippen LogP contribution in [0.5, 0.6) is 0 Å². The second-order valence-corrected chi connectivity index (χ2v) is 5.23. The highest BCUT2D eigenvalue weighted by atomic mass is 79.9. The second-order valence-electron chi connectivity index (χ2n) is 4.37. The number of carbonyl (C=O) groups excluding carboxylic acids is 1. The Bertz CT molecular complexity index is 688.